The molecule has 0 spiro atoms. The van der Waals surface area contributed by atoms with Gasteiger partial charge >= 0.3 is 5.69 Å². The number of rotatable bonds is 5. The van der Waals surface area contributed by atoms with Crippen LogP contribution in [0.4, 0.5) is 0 Å². The minimum absolute atomic E-state index is 0.00999. The van der Waals surface area contributed by atoms with Crippen LogP contribution in [0.2, 0.25) is 0 Å². The summed E-state index contributed by atoms with van der Waals surface area (Å²) in [5.74, 6) is 0.139. The number of hydroxylamine groups is 2. The van der Waals surface area contributed by atoms with Gasteiger partial charge in [0.15, 0.2) is 0 Å². The zero-order chi connectivity index (χ0) is 23.2. The van der Waals surface area contributed by atoms with Crippen molar-refractivity contribution in [1.29, 1.82) is 0 Å². The first-order valence-corrected chi connectivity index (χ1v) is 11.6. The molecule has 176 valence electrons. The minimum atomic E-state index is -1.14. The van der Waals surface area contributed by atoms with Crippen LogP contribution in [-0.4, -0.2) is 48.5 Å². The third kappa shape index (κ3) is 4.15. The molecule has 0 unspecified atom stereocenters. The summed E-state index contributed by atoms with van der Waals surface area (Å²) < 4.78 is 4.51. The summed E-state index contributed by atoms with van der Waals surface area (Å²) in [7, 11) is 1.45. The number of carbonyl (C=O) groups is 1. The van der Waals surface area contributed by atoms with Crippen molar-refractivity contribution in [2.75, 3.05) is 13.2 Å². The minimum Gasteiger partial charge on any atom is -0.386 e. The fourth-order valence-corrected chi connectivity index (χ4v) is 4.93. The molecule has 1 saturated heterocycles. The van der Waals surface area contributed by atoms with Gasteiger partial charge in [-0.1, -0.05) is 33.1 Å². The summed E-state index contributed by atoms with van der Waals surface area (Å²) in [6.45, 7) is 6.71. The van der Waals surface area contributed by atoms with Gasteiger partial charge in [-0.05, 0) is 31.6 Å². The molecule has 2 fully saturated rings. The zero-order valence-electron chi connectivity index (χ0n) is 19.5. The second-order valence-electron chi connectivity index (χ2n) is 10.2. The van der Waals surface area contributed by atoms with E-state index < -0.39 is 17.1 Å². The van der Waals surface area contributed by atoms with Crippen LogP contribution in [0, 0.1) is 11.8 Å². The lowest BCUT2D eigenvalue weighted by Gasteiger charge is -2.24. The highest BCUT2D eigenvalue weighted by Crippen LogP contribution is 2.29. The standard InChI is InChI=1S/C23H34N4O5/c1-15(2)10-26-17-12-25(11-16-8-6-5-7-9-16)19(18(17)20(28)24(4)22(26)30)21(29)27-13-23(3,31)14-32-27/h12,15-16,31H,5-11,13-14H2,1-4H3/t23-/m0/s1. The van der Waals surface area contributed by atoms with Gasteiger partial charge in [-0.25, -0.2) is 9.86 Å². The van der Waals surface area contributed by atoms with Crippen molar-refractivity contribution in [3.63, 3.8) is 0 Å². The third-order valence-electron chi connectivity index (χ3n) is 6.56. The second kappa shape index (κ2) is 8.51. The molecule has 4 rings (SSSR count). The second-order valence-corrected chi connectivity index (χ2v) is 10.2. The van der Waals surface area contributed by atoms with Crippen LogP contribution in [0.3, 0.4) is 0 Å². The van der Waals surface area contributed by atoms with Gasteiger partial charge in [0.1, 0.15) is 17.9 Å². The Morgan fingerprint density at radius 2 is 1.94 bits per heavy atom. The predicted octanol–water partition coefficient (Wildman–Crippen LogP) is 1.88. The topological polar surface area (TPSA) is 98.7 Å². The van der Waals surface area contributed by atoms with Crippen molar-refractivity contribution in [3.8, 4) is 0 Å². The number of hydrogen-bond acceptors (Lipinski definition) is 5. The number of β-amino-alcohol motifs (C(OH)–C–C–N with tert-alkyl or cyclic N) is 1. The number of carbonyl (C=O) groups excluding carboxylic acids is 1. The fourth-order valence-electron chi connectivity index (χ4n) is 4.93. The maximum Gasteiger partial charge on any atom is 0.331 e. The monoisotopic (exact) mass is 446 g/mol. The van der Waals surface area contributed by atoms with Crippen LogP contribution >= 0.6 is 0 Å². The van der Waals surface area contributed by atoms with Gasteiger partial charge in [0, 0.05) is 26.3 Å². The summed E-state index contributed by atoms with van der Waals surface area (Å²) in [6, 6.07) is 0. The van der Waals surface area contributed by atoms with Crippen molar-refractivity contribution in [2.45, 2.75) is 71.6 Å². The molecule has 9 nitrogen and oxygen atoms in total. The van der Waals surface area contributed by atoms with Crippen LogP contribution in [0.5, 0.6) is 0 Å². The first kappa shape index (κ1) is 22.8. The van der Waals surface area contributed by atoms with E-state index in [1.807, 2.05) is 18.4 Å². The van der Waals surface area contributed by atoms with Crippen molar-refractivity contribution >= 4 is 16.8 Å². The van der Waals surface area contributed by atoms with Crippen molar-refractivity contribution in [2.24, 2.45) is 18.9 Å². The van der Waals surface area contributed by atoms with Gasteiger partial charge in [-0.15, -0.1) is 0 Å². The van der Waals surface area contributed by atoms with Crippen LogP contribution in [-0.2, 0) is 25.0 Å². The molecular formula is C23H34N4O5. The molecule has 2 aliphatic rings. The molecular weight excluding hydrogens is 412 g/mol. The van der Waals surface area contributed by atoms with Crippen molar-refractivity contribution in [1.82, 2.24) is 18.8 Å². The molecule has 1 aliphatic heterocycles. The molecule has 2 aromatic heterocycles. The number of aromatic nitrogens is 3. The summed E-state index contributed by atoms with van der Waals surface area (Å²) in [5, 5.41) is 11.7. The van der Waals surface area contributed by atoms with Crippen molar-refractivity contribution in [3.05, 3.63) is 32.7 Å². The average molecular weight is 447 g/mol. The smallest absolute Gasteiger partial charge is 0.331 e. The number of nitrogens with zero attached hydrogens (tertiary/aromatic N) is 4. The highest BCUT2D eigenvalue weighted by atomic mass is 16.7. The van der Waals surface area contributed by atoms with Gasteiger partial charge in [0.05, 0.1) is 17.4 Å². The average Bonchev–Trinajstić information content (AvgIpc) is 3.29. The van der Waals surface area contributed by atoms with E-state index in [1.165, 1.54) is 13.5 Å². The van der Waals surface area contributed by atoms with Crippen LogP contribution < -0.4 is 11.2 Å². The van der Waals surface area contributed by atoms with Gasteiger partial charge in [0.25, 0.3) is 11.5 Å². The SMILES string of the molecule is CC(C)Cn1c(=O)n(C)c(=O)c2c(C(=O)N3C[C@](C)(O)CO3)n(CC3CCCCC3)cc21. The predicted molar refractivity (Wildman–Crippen MR) is 120 cm³/mol. The Hall–Kier alpha value is -2.39. The van der Waals surface area contributed by atoms with Gasteiger partial charge in [-0.2, -0.15) is 0 Å². The lowest BCUT2D eigenvalue weighted by Crippen LogP contribution is -2.40. The van der Waals surface area contributed by atoms with Crippen LogP contribution in [0.25, 0.3) is 10.9 Å². The summed E-state index contributed by atoms with van der Waals surface area (Å²) in [5.41, 5.74) is -1.29. The van der Waals surface area contributed by atoms with E-state index in [1.54, 1.807) is 17.7 Å². The molecule has 0 radical (unpaired) electrons. The third-order valence-corrected chi connectivity index (χ3v) is 6.56. The summed E-state index contributed by atoms with van der Waals surface area (Å²) in [6.07, 6.45) is 7.48. The largest absolute Gasteiger partial charge is 0.386 e. The number of amides is 1. The van der Waals surface area contributed by atoms with E-state index in [0.29, 0.717) is 24.5 Å². The summed E-state index contributed by atoms with van der Waals surface area (Å²) in [4.78, 5) is 45.2. The molecule has 1 aliphatic carbocycles. The normalized spacial score (nSPS) is 22.4. The van der Waals surface area contributed by atoms with E-state index in [9.17, 15) is 19.5 Å². The maximum atomic E-state index is 13.6. The molecule has 3 heterocycles. The van der Waals surface area contributed by atoms with Gasteiger partial charge < -0.3 is 9.67 Å². The van der Waals surface area contributed by atoms with Crippen molar-refractivity contribution < 1.29 is 14.7 Å². The van der Waals surface area contributed by atoms with E-state index >= 15 is 0 Å². The molecule has 0 bridgehead atoms. The van der Waals surface area contributed by atoms with E-state index in [-0.39, 0.29) is 35.8 Å². The Balaban J connectivity index is 1.90. The number of aliphatic hydroxyl groups is 1. The Morgan fingerprint density at radius 3 is 2.53 bits per heavy atom. The van der Waals surface area contributed by atoms with E-state index in [0.717, 1.165) is 35.3 Å². The van der Waals surface area contributed by atoms with Gasteiger partial charge in [-0.3, -0.25) is 23.6 Å². The Labute approximate surface area is 187 Å². The Morgan fingerprint density at radius 1 is 1.25 bits per heavy atom. The van der Waals surface area contributed by atoms with Gasteiger partial charge in [0.2, 0.25) is 0 Å². The highest BCUT2D eigenvalue weighted by molar-refractivity contribution is 6.05. The van der Waals surface area contributed by atoms with Crippen LogP contribution in [0.15, 0.2) is 15.8 Å². The first-order chi connectivity index (χ1) is 15.1. The molecule has 32 heavy (non-hydrogen) atoms. The number of hydrogen-bond donors (Lipinski definition) is 1. The first-order valence-electron chi connectivity index (χ1n) is 11.6. The Kier molecular flexibility index (Phi) is 6.06. The maximum absolute atomic E-state index is 13.6. The molecule has 1 N–H and O–H groups in total. The molecule has 1 amide bonds. The lowest BCUT2D eigenvalue weighted by molar-refractivity contribution is -0.0802. The van der Waals surface area contributed by atoms with Crippen LogP contribution in [0.1, 0.15) is 63.4 Å². The zero-order valence-corrected chi connectivity index (χ0v) is 19.5. The van der Waals surface area contributed by atoms with E-state index in [4.69, 9.17) is 4.84 Å². The Bertz CT molecular complexity index is 1130. The van der Waals surface area contributed by atoms with E-state index in [2.05, 4.69) is 0 Å². The highest BCUT2D eigenvalue weighted by Gasteiger charge is 2.38. The summed E-state index contributed by atoms with van der Waals surface area (Å²) >= 11 is 0. The molecule has 9 heteroatoms. The molecule has 0 aromatic carbocycles. The number of fused-ring (bicyclic) bond motifs is 1. The molecule has 1 atom stereocenters. The quantitative estimate of drug-likeness (QED) is 0.756. The molecule has 2 aromatic rings. The lowest BCUT2D eigenvalue weighted by atomic mass is 9.89. The molecule has 1 saturated carbocycles. The fraction of sp³-hybridized carbons (Fsp3) is 0.696.